The first-order valence-electron chi connectivity index (χ1n) is 13.7. The largest absolute Gasteiger partial charge is 0.497 e. The third-order valence-electron chi connectivity index (χ3n) is 6.75. The van der Waals surface area contributed by atoms with Crippen LogP contribution in [0.25, 0.3) is 0 Å². The zero-order chi connectivity index (χ0) is 31.9. The van der Waals surface area contributed by atoms with E-state index in [1.807, 2.05) is 20.8 Å². The van der Waals surface area contributed by atoms with Gasteiger partial charge in [0.25, 0.3) is 10.0 Å². The fourth-order valence-corrected chi connectivity index (χ4v) is 6.43. The van der Waals surface area contributed by atoms with Gasteiger partial charge in [-0.25, -0.2) is 8.42 Å². The molecule has 3 rings (SSSR count). The number of methoxy groups -OCH3 is 2. The molecule has 0 saturated carbocycles. The topological polar surface area (TPSA) is 105 Å². The predicted octanol–water partition coefficient (Wildman–Crippen LogP) is 5.85. The Bertz CT molecular complexity index is 1530. The molecule has 1 N–H and O–H groups in total. The third-order valence-corrected chi connectivity index (χ3v) is 9.23. The molecule has 0 spiro atoms. The maximum Gasteiger partial charge on any atom is 0.264 e. The number of rotatable bonds is 13. The Hall–Kier alpha value is -3.47. The highest BCUT2D eigenvalue weighted by molar-refractivity contribution is 7.92. The zero-order valence-corrected chi connectivity index (χ0v) is 27.4. The van der Waals surface area contributed by atoms with Gasteiger partial charge in [0.05, 0.1) is 24.8 Å². The van der Waals surface area contributed by atoms with Gasteiger partial charge in [0, 0.05) is 34.3 Å². The van der Waals surface area contributed by atoms with E-state index in [4.69, 9.17) is 32.7 Å². The number of aryl methyl sites for hydroxylation is 1. The molecule has 9 nitrogen and oxygen atoms in total. The second-order valence-electron chi connectivity index (χ2n) is 10.2. The van der Waals surface area contributed by atoms with Crippen molar-refractivity contribution in [3.05, 3.63) is 81.8 Å². The van der Waals surface area contributed by atoms with Crippen molar-refractivity contribution in [2.24, 2.45) is 0 Å². The first-order valence-corrected chi connectivity index (χ1v) is 15.9. The van der Waals surface area contributed by atoms with Crippen LogP contribution in [-0.2, 0) is 26.2 Å². The molecule has 0 aliphatic heterocycles. The normalized spacial score (nSPS) is 12.0. The third kappa shape index (κ3) is 8.13. The molecule has 0 bridgehead atoms. The Labute approximate surface area is 263 Å². The summed E-state index contributed by atoms with van der Waals surface area (Å²) in [6.45, 7) is 6.44. The van der Waals surface area contributed by atoms with E-state index in [9.17, 15) is 18.0 Å². The lowest BCUT2D eigenvalue weighted by Gasteiger charge is -2.34. The van der Waals surface area contributed by atoms with Crippen molar-refractivity contribution in [1.82, 2.24) is 10.2 Å². The molecule has 3 aromatic rings. The van der Waals surface area contributed by atoms with E-state index in [2.05, 4.69) is 5.32 Å². The monoisotopic (exact) mass is 649 g/mol. The summed E-state index contributed by atoms with van der Waals surface area (Å²) in [5, 5.41) is 3.47. The molecule has 0 heterocycles. The van der Waals surface area contributed by atoms with Crippen LogP contribution in [0.1, 0.15) is 38.3 Å². The first kappa shape index (κ1) is 34.0. The summed E-state index contributed by atoms with van der Waals surface area (Å²) in [5.41, 5.74) is 1.39. The quantitative estimate of drug-likeness (QED) is 0.249. The Morgan fingerprint density at radius 2 is 1.58 bits per heavy atom. The van der Waals surface area contributed by atoms with Crippen LogP contribution in [0.3, 0.4) is 0 Å². The van der Waals surface area contributed by atoms with Gasteiger partial charge in [-0.15, -0.1) is 0 Å². The van der Waals surface area contributed by atoms with Crippen molar-refractivity contribution in [3.8, 4) is 11.5 Å². The van der Waals surface area contributed by atoms with E-state index in [0.717, 1.165) is 9.87 Å². The minimum atomic E-state index is -4.32. The molecule has 43 heavy (non-hydrogen) atoms. The lowest BCUT2D eigenvalue weighted by molar-refractivity contribution is -0.140. The molecule has 0 unspecified atom stereocenters. The van der Waals surface area contributed by atoms with Gasteiger partial charge in [-0.2, -0.15) is 0 Å². The number of carbonyl (C=O) groups excluding carboxylic acids is 2. The minimum Gasteiger partial charge on any atom is -0.497 e. The summed E-state index contributed by atoms with van der Waals surface area (Å²) in [6, 6.07) is 14.8. The van der Waals surface area contributed by atoms with Crippen molar-refractivity contribution >= 4 is 50.7 Å². The number of nitrogens with zero attached hydrogens (tertiary/aromatic N) is 2. The van der Waals surface area contributed by atoms with Gasteiger partial charge < -0.3 is 19.7 Å². The first-order chi connectivity index (χ1) is 20.3. The summed E-state index contributed by atoms with van der Waals surface area (Å²) in [7, 11) is -1.47. The van der Waals surface area contributed by atoms with Crippen molar-refractivity contribution in [2.45, 2.75) is 57.6 Å². The Morgan fingerprint density at radius 3 is 2.12 bits per heavy atom. The predicted molar refractivity (Wildman–Crippen MR) is 170 cm³/mol. The van der Waals surface area contributed by atoms with E-state index >= 15 is 0 Å². The van der Waals surface area contributed by atoms with Crippen LogP contribution >= 0.6 is 23.2 Å². The van der Waals surface area contributed by atoms with E-state index in [1.54, 1.807) is 49.4 Å². The average Bonchev–Trinajstić information content (AvgIpc) is 2.96. The van der Waals surface area contributed by atoms with Gasteiger partial charge in [0.15, 0.2) is 0 Å². The van der Waals surface area contributed by atoms with Gasteiger partial charge in [-0.3, -0.25) is 13.9 Å². The number of anilines is 1. The van der Waals surface area contributed by atoms with Crippen LogP contribution in [0, 0.1) is 6.92 Å². The zero-order valence-electron chi connectivity index (χ0n) is 25.1. The maximum atomic E-state index is 14.3. The summed E-state index contributed by atoms with van der Waals surface area (Å²) in [4.78, 5) is 28.9. The lowest BCUT2D eigenvalue weighted by Crippen LogP contribution is -2.53. The van der Waals surface area contributed by atoms with Gasteiger partial charge in [0.2, 0.25) is 11.8 Å². The summed E-state index contributed by atoms with van der Waals surface area (Å²) in [5.74, 6) is -0.479. The minimum absolute atomic E-state index is 0.0268. The van der Waals surface area contributed by atoms with Crippen molar-refractivity contribution in [1.29, 1.82) is 0 Å². The van der Waals surface area contributed by atoms with Crippen molar-refractivity contribution in [3.63, 3.8) is 0 Å². The lowest BCUT2D eigenvalue weighted by atomic mass is 10.1. The molecule has 0 aromatic heterocycles. The van der Waals surface area contributed by atoms with Crippen molar-refractivity contribution in [2.75, 3.05) is 25.1 Å². The molecule has 1 atom stereocenters. The number of hydrogen-bond acceptors (Lipinski definition) is 6. The van der Waals surface area contributed by atoms with E-state index in [-0.39, 0.29) is 41.2 Å². The van der Waals surface area contributed by atoms with Gasteiger partial charge in [0.1, 0.15) is 24.1 Å². The number of benzene rings is 3. The number of halogens is 2. The standard InChI is InChI=1S/C31H37Cl2N3O6S/c1-7-27(31(38)34-20(2)3)35(18-24-25(32)9-8-10-26(24)33)30(37)19-36(28-17-22(41-5)13-16-29(28)42-6)43(39,40)23-14-11-21(4)12-15-23/h8-17,20,27H,7,18-19H2,1-6H3,(H,34,38)/t27-/m0/s1. The van der Waals surface area contributed by atoms with E-state index in [1.165, 1.54) is 37.3 Å². The molecule has 0 fully saturated rings. The Morgan fingerprint density at radius 1 is 0.953 bits per heavy atom. The van der Waals surface area contributed by atoms with Crippen LogP contribution < -0.4 is 19.1 Å². The molecule has 2 amide bonds. The number of sulfonamides is 1. The number of hydrogen-bond donors (Lipinski definition) is 1. The maximum absolute atomic E-state index is 14.3. The second kappa shape index (κ2) is 14.8. The molecule has 0 aliphatic rings. The number of carbonyl (C=O) groups is 2. The fourth-order valence-electron chi connectivity index (χ4n) is 4.50. The molecular weight excluding hydrogens is 613 g/mol. The SMILES string of the molecule is CC[C@@H](C(=O)NC(C)C)N(Cc1c(Cl)cccc1Cl)C(=O)CN(c1cc(OC)ccc1OC)S(=O)(=O)c1ccc(C)cc1. The van der Waals surface area contributed by atoms with Crippen LogP contribution in [0.5, 0.6) is 11.5 Å². The molecule has 3 aromatic carbocycles. The van der Waals surface area contributed by atoms with Crippen LogP contribution in [0.15, 0.2) is 65.6 Å². The molecule has 0 saturated heterocycles. The van der Waals surface area contributed by atoms with Crippen LogP contribution in [0.4, 0.5) is 5.69 Å². The highest BCUT2D eigenvalue weighted by Gasteiger charge is 2.35. The Balaban J connectivity index is 2.19. The fraction of sp³-hybridized carbons (Fsp3) is 0.355. The summed E-state index contributed by atoms with van der Waals surface area (Å²) >= 11 is 12.9. The van der Waals surface area contributed by atoms with Gasteiger partial charge >= 0.3 is 0 Å². The van der Waals surface area contributed by atoms with Crippen LogP contribution in [-0.4, -0.2) is 58.0 Å². The average molecular weight is 651 g/mol. The number of amides is 2. The highest BCUT2D eigenvalue weighted by Crippen LogP contribution is 2.36. The molecule has 0 aliphatic carbocycles. The van der Waals surface area contributed by atoms with E-state index in [0.29, 0.717) is 21.4 Å². The van der Waals surface area contributed by atoms with Gasteiger partial charge in [-0.05, 0) is 63.6 Å². The van der Waals surface area contributed by atoms with Crippen LogP contribution in [0.2, 0.25) is 10.0 Å². The molecule has 0 radical (unpaired) electrons. The second-order valence-corrected chi connectivity index (χ2v) is 12.8. The molecular formula is C31H37Cl2N3O6S. The van der Waals surface area contributed by atoms with Crippen molar-refractivity contribution < 1.29 is 27.5 Å². The highest BCUT2D eigenvalue weighted by atomic mass is 35.5. The smallest absolute Gasteiger partial charge is 0.264 e. The number of ether oxygens (including phenoxy) is 2. The molecule has 232 valence electrons. The van der Waals surface area contributed by atoms with E-state index < -0.39 is 28.5 Å². The number of nitrogens with one attached hydrogen (secondary N) is 1. The van der Waals surface area contributed by atoms with Gasteiger partial charge in [-0.1, -0.05) is 53.9 Å². The molecule has 12 heteroatoms. The summed E-state index contributed by atoms with van der Waals surface area (Å²) < 4.78 is 40.2. The summed E-state index contributed by atoms with van der Waals surface area (Å²) in [6.07, 6.45) is 0.250. The Kier molecular flexibility index (Phi) is 11.7.